The molecule has 3 atom stereocenters. The highest BCUT2D eigenvalue weighted by molar-refractivity contribution is 5.95. The Labute approximate surface area is 160 Å². The second kappa shape index (κ2) is 8.52. The van der Waals surface area contributed by atoms with Crippen LogP contribution in [0.15, 0.2) is 30.3 Å². The van der Waals surface area contributed by atoms with Gasteiger partial charge in [-0.1, -0.05) is 39.0 Å². The van der Waals surface area contributed by atoms with Crippen molar-refractivity contribution in [2.45, 2.75) is 52.2 Å². The van der Waals surface area contributed by atoms with Crippen molar-refractivity contribution < 1.29 is 14.4 Å². The van der Waals surface area contributed by atoms with Crippen LogP contribution in [-0.4, -0.2) is 53.8 Å². The number of nitrogens with two attached hydrogens (primary N) is 1. The summed E-state index contributed by atoms with van der Waals surface area (Å²) >= 11 is 0. The van der Waals surface area contributed by atoms with Crippen molar-refractivity contribution in [3.05, 3.63) is 35.9 Å². The molecule has 0 saturated carbocycles. The molecule has 7 nitrogen and oxygen atoms in total. The highest BCUT2D eigenvalue weighted by atomic mass is 16.2. The maximum atomic E-state index is 12.8. The minimum atomic E-state index is -0.632. The SMILES string of the molecule is C[C@@H](NC(=O)C1CC(NC(=O)c2ccccc2)CN1C(=O)CN)C(C)(C)C. The average molecular weight is 374 g/mol. The number of amides is 3. The number of benzene rings is 1. The maximum absolute atomic E-state index is 12.8. The molecule has 1 aromatic carbocycles. The molecule has 0 spiro atoms. The highest BCUT2D eigenvalue weighted by Crippen LogP contribution is 2.22. The molecular formula is C20H30N4O3. The van der Waals surface area contributed by atoms with E-state index in [-0.39, 0.29) is 48.3 Å². The second-order valence-electron chi connectivity index (χ2n) is 8.13. The van der Waals surface area contributed by atoms with E-state index in [2.05, 4.69) is 10.6 Å². The Morgan fingerprint density at radius 1 is 1.22 bits per heavy atom. The predicted molar refractivity (Wildman–Crippen MR) is 104 cm³/mol. The number of likely N-dealkylation sites (tertiary alicyclic amines) is 1. The van der Waals surface area contributed by atoms with E-state index in [0.29, 0.717) is 12.0 Å². The molecule has 2 unspecified atom stereocenters. The van der Waals surface area contributed by atoms with Gasteiger partial charge in [-0.15, -0.1) is 0 Å². The molecule has 27 heavy (non-hydrogen) atoms. The van der Waals surface area contributed by atoms with Gasteiger partial charge in [0.2, 0.25) is 11.8 Å². The van der Waals surface area contributed by atoms with E-state index in [1.807, 2.05) is 33.8 Å². The smallest absolute Gasteiger partial charge is 0.251 e. The molecule has 0 aromatic heterocycles. The van der Waals surface area contributed by atoms with Crippen LogP contribution in [0.2, 0.25) is 0 Å². The zero-order valence-corrected chi connectivity index (χ0v) is 16.5. The van der Waals surface area contributed by atoms with Gasteiger partial charge in [0.05, 0.1) is 6.54 Å². The number of rotatable bonds is 5. The molecule has 2 rings (SSSR count). The largest absolute Gasteiger partial charge is 0.351 e. The van der Waals surface area contributed by atoms with Crippen LogP contribution in [0.1, 0.15) is 44.5 Å². The summed E-state index contributed by atoms with van der Waals surface area (Å²) in [5.74, 6) is -0.726. The third kappa shape index (κ3) is 5.29. The lowest BCUT2D eigenvalue weighted by atomic mass is 9.88. The van der Waals surface area contributed by atoms with Gasteiger partial charge < -0.3 is 21.3 Å². The van der Waals surface area contributed by atoms with E-state index in [4.69, 9.17) is 5.73 Å². The van der Waals surface area contributed by atoms with Gasteiger partial charge in [-0.3, -0.25) is 14.4 Å². The number of nitrogens with one attached hydrogen (secondary N) is 2. The Hall–Kier alpha value is -2.41. The minimum absolute atomic E-state index is 0.0576. The van der Waals surface area contributed by atoms with E-state index in [0.717, 1.165) is 0 Å². The predicted octanol–water partition coefficient (Wildman–Crippen LogP) is 0.895. The van der Waals surface area contributed by atoms with E-state index in [1.165, 1.54) is 4.90 Å². The molecule has 0 bridgehead atoms. The number of carbonyl (C=O) groups excluding carboxylic acids is 3. The number of hydrogen-bond donors (Lipinski definition) is 3. The van der Waals surface area contributed by atoms with Crippen LogP contribution >= 0.6 is 0 Å². The molecule has 1 aromatic rings. The summed E-state index contributed by atoms with van der Waals surface area (Å²) in [6.45, 7) is 8.17. The third-order valence-electron chi connectivity index (χ3n) is 5.13. The van der Waals surface area contributed by atoms with Crippen molar-refractivity contribution in [1.29, 1.82) is 0 Å². The summed E-state index contributed by atoms with van der Waals surface area (Å²) in [5.41, 5.74) is 5.96. The van der Waals surface area contributed by atoms with Gasteiger partial charge in [0.1, 0.15) is 6.04 Å². The molecular weight excluding hydrogens is 344 g/mol. The van der Waals surface area contributed by atoms with Gasteiger partial charge in [-0.05, 0) is 30.9 Å². The quantitative estimate of drug-likeness (QED) is 0.712. The Balaban J connectivity index is 2.08. The fraction of sp³-hybridized carbons (Fsp3) is 0.550. The number of carbonyl (C=O) groups is 3. The van der Waals surface area contributed by atoms with Gasteiger partial charge in [-0.25, -0.2) is 0 Å². The van der Waals surface area contributed by atoms with Gasteiger partial charge in [0.15, 0.2) is 0 Å². The Kier molecular flexibility index (Phi) is 6.59. The first-order chi connectivity index (χ1) is 12.6. The second-order valence-corrected chi connectivity index (χ2v) is 8.13. The first kappa shape index (κ1) is 20.9. The van der Waals surface area contributed by atoms with Gasteiger partial charge in [0, 0.05) is 24.2 Å². The molecule has 4 N–H and O–H groups in total. The zero-order chi connectivity index (χ0) is 20.2. The van der Waals surface area contributed by atoms with E-state index in [1.54, 1.807) is 24.3 Å². The molecule has 1 aliphatic rings. The summed E-state index contributed by atoms with van der Waals surface area (Å²) in [5, 5.41) is 5.91. The van der Waals surface area contributed by atoms with E-state index >= 15 is 0 Å². The molecule has 1 heterocycles. The van der Waals surface area contributed by atoms with Crippen molar-refractivity contribution in [3.8, 4) is 0 Å². The summed E-state index contributed by atoms with van der Waals surface area (Å²) in [6.07, 6.45) is 0.368. The van der Waals surface area contributed by atoms with E-state index < -0.39 is 6.04 Å². The summed E-state index contributed by atoms with van der Waals surface area (Å²) in [7, 11) is 0. The molecule has 1 saturated heterocycles. The standard InChI is InChI=1S/C20H30N4O3/c1-13(20(2,3)4)22-19(27)16-10-15(12-24(16)17(25)11-21)23-18(26)14-8-6-5-7-9-14/h5-9,13,15-16H,10-12,21H2,1-4H3,(H,22,27)(H,23,26)/t13-,15?,16?/m1/s1. The van der Waals surface area contributed by atoms with Gasteiger partial charge >= 0.3 is 0 Å². The molecule has 1 aliphatic heterocycles. The van der Waals surface area contributed by atoms with Crippen molar-refractivity contribution in [2.24, 2.45) is 11.1 Å². The summed E-state index contributed by atoms with van der Waals surface area (Å²) < 4.78 is 0. The normalized spacial score (nSPS) is 20.9. The molecule has 0 aliphatic carbocycles. The van der Waals surface area contributed by atoms with Crippen LogP contribution in [0, 0.1) is 5.41 Å². The monoisotopic (exact) mass is 374 g/mol. The van der Waals surface area contributed by atoms with Crippen LogP contribution in [0.4, 0.5) is 0 Å². The lowest BCUT2D eigenvalue weighted by molar-refractivity contribution is -0.138. The highest BCUT2D eigenvalue weighted by Gasteiger charge is 2.40. The van der Waals surface area contributed by atoms with Gasteiger partial charge in [-0.2, -0.15) is 0 Å². The van der Waals surface area contributed by atoms with Crippen molar-refractivity contribution in [3.63, 3.8) is 0 Å². The van der Waals surface area contributed by atoms with Crippen molar-refractivity contribution >= 4 is 17.7 Å². The molecule has 148 valence electrons. The van der Waals surface area contributed by atoms with Crippen LogP contribution in [-0.2, 0) is 9.59 Å². The number of nitrogens with zero attached hydrogens (tertiary/aromatic N) is 1. The fourth-order valence-electron chi connectivity index (χ4n) is 2.97. The zero-order valence-electron chi connectivity index (χ0n) is 16.5. The molecule has 3 amide bonds. The van der Waals surface area contributed by atoms with Crippen LogP contribution in [0.3, 0.4) is 0 Å². The molecule has 0 radical (unpaired) electrons. The maximum Gasteiger partial charge on any atom is 0.251 e. The molecule has 7 heteroatoms. The Bertz CT molecular complexity index is 684. The minimum Gasteiger partial charge on any atom is -0.351 e. The topological polar surface area (TPSA) is 105 Å². The lowest BCUT2D eigenvalue weighted by Gasteiger charge is -2.31. The fourth-order valence-corrected chi connectivity index (χ4v) is 2.97. The first-order valence-electron chi connectivity index (χ1n) is 9.29. The van der Waals surface area contributed by atoms with Crippen molar-refractivity contribution in [2.75, 3.05) is 13.1 Å². The first-order valence-corrected chi connectivity index (χ1v) is 9.29. The summed E-state index contributed by atoms with van der Waals surface area (Å²) in [6, 6.07) is 7.88. The number of hydrogen-bond acceptors (Lipinski definition) is 4. The van der Waals surface area contributed by atoms with Crippen molar-refractivity contribution in [1.82, 2.24) is 15.5 Å². The third-order valence-corrected chi connectivity index (χ3v) is 5.13. The lowest BCUT2D eigenvalue weighted by Crippen LogP contribution is -2.52. The van der Waals surface area contributed by atoms with Crippen LogP contribution in [0.25, 0.3) is 0 Å². The van der Waals surface area contributed by atoms with Gasteiger partial charge in [0.25, 0.3) is 5.91 Å². The van der Waals surface area contributed by atoms with Crippen LogP contribution < -0.4 is 16.4 Å². The van der Waals surface area contributed by atoms with E-state index in [9.17, 15) is 14.4 Å². The summed E-state index contributed by atoms with van der Waals surface area (Å²) in [4.78, 5) is 38.9. The van der Waals surface area contributed by atoms with Crippen LogP contribution in [0.5, 0.6) is 0 Å². The Morgan fingerprint density at radius 3 is 2.41 bits per heavy atom. The average Bonchev–Trinajstić information content (AvgIpc) is 3.04. The Morgan fingerprint density at radius 2 is 1.85 bits per heavy atom. The molecule has 1 fully saturated rings.